The van der Waals surface area contributed by atoms with Crippen LogP contribution in [-0.2, 0) is 4.74 Å². The molecule has 0 fully saturated rings. The predicted molar refractivity (Wildman–Crippen MR) is 78.0 cm³/mol. The number of hydrogen-bond donors (Lipinski definition) is 1. The summed E-state index contributed by atoms with van der Waals surface area (Å²) in [4.78, 5) is 12.3. The van der Waals surface area contributed by atoms with E-state index in [4.69, 9.17) is 25.8 Å². The molecule has 0 saturated heterocycles. The van der Waals surface area contributed by atoms with E-state index < -0.39 is 0 Å². The van der Waals surface area contributed by atoms with Crippen LogP contribution >= 0.6 is 11.6 Å². The number of amides is 1. The maximum Gasteiger partial charge on any atom is 0.255 e. The maximum absolute atomic E-state index is 12.3. The summed E-state index contributed by atoms with van der Waals surface area (Å²) in [6, 6.07) is 4.92. The van der Waals surface area contributed by atoms with Gasteiger partial charge in [0.05, 0.1) is 32.4 Å². The summed E-state index contributed by atoms with van der Waals surface area (Å²) < 4.78 is 15.4. The van der Waals surface area contributed by atoms with Gasteiger partial charge in [-0.05, 0) is 18.6 Å². The average molecular weight is 302 g/mol. The highest BCUT2D eigenvalue weighted by Crippen LogP contribution is 2.24. The highest BCUT2D eigenvalue weighted by Gasteiger charge is 2.17. The number of carbonyl (C=O) groups excluding carboxylic acids is 1. The third kappa shape index (κ3) is 4.58. The maximum atomic E-state index is 12.3. The minimum atomic E-state index is -0.225. The van der Waals surface area contributed by atoms with E-state index in [1.165, 1.54) is 7.11 Å². The molecule has 0 bridgehead atoms. The van der Waals surface area contributed by atoms with Crippen LogP contribution in [0.2, 0.25) is 0 Å². The zero-order chi connectivity index (χ0) is 15.0. The number of nitrogens with one attached hydrogen (secondary N) is 1. The Morgan fingerprint density at radius 2 is 2.05 bits per heavy atom. The summed E-state index contributed by atoms with van der Waals surface area (Å²) in [7, 11) is 4.65. The van der Waals surface area contributed by atoms with Gasteiger partial charge in [-0.2, -0.15) is 0 Å². The van der Waals surface area contributed by atoms with Gasteiger partial charge < -0.3 is 19.5 Å². The molecule has 0 aliphatic heterocycles. The molecular formula is C14H20ClNO4. The van der Waals surface area contributed by atoms with Crippen molar-refractivity contribution in [2.45, 2.75) is 12.5 Å². The Balaban J connectivity index is 2.85. The molecule has 20 heavy (non-hydrogen) atoms. The zero-order valence-corrected chi connectivity index (χ0v) is 12.7. The fourth-order valence-corrected chi connectivity index (χ4v) is 2.04. The Morgan fingerprint density at radius 3 is 2.60 bits per heavy atom. The SMILES string of the molecule is COCC(CCCl)NC(=O)c1ccc(OC)cc1OC. The number of hydrogen-bond acceptors (Lipinski definition) is 4. The second-order valence-corrected chi connectivity index (χ2v) is 4.55. The third-order valence-corrected chi connectivity index (χ3v) is 3.03. The van der Waals surface area contributed by atoms with Crippen LogP contribution in [0.3, 0.4) is 0 Å². The summed E-state index contributed by atoms with van der Waals surface area (Å²) in [6.45, 7) is 0.414. The minimum Gasteiger partial charge on any atom is -0.497 e. The standard InChI is InChI=1S/C14H20ClNO4/c1-18-9-10(6-7-15)16-14(17)12-5-4-11(19-2)8-13(12)20-3/h4-5,8,10H,6-7,9H2,1-3H3,(H,16,17). The highest BCUT2D eigenvalue weighted by molar-refractivity contribution is 6.17. The van der Waals surface area contributed by atoms with Crippen LogP contribution in [0, 0.1) is 0 Å². The van der Waals surface area contributed by atoms with Crippen molar-refractivity contribution in [2.24, 2.45) is 0 Å². The van der Waals surface area contributed by atoms with Crippen LogP contribution in [0.15, 0.2) is 18.2 Å². The molecule has 0 aromatic heterocycles. The van der Waals surface area contributed by atoms with E-state index >= 15 is 0 Å². The smallest absolute Gasteiger partial charge is 0.255 e. The van der Waals surface area contributed by atoms with Gasteiger partial charge in [-0.25, -0.2) is 0 Å². The number of rotatable bonds is 8. The Kier molecular flexibility index (Phi) is 7.18. The normalized spacial score (nSPS) is 11.8. The number of carbonyl (C=O) groups is 1. The van der Waals surface area contributed by atoms with Crippen LogP contribution in [-0.4, -0.2) is 45.8 Å². The summed E-state index contributed by atoms with van der Waals surface area (Å²) in [5.74, 6) is 1.32. The molecule has 1 unspecified atom stereocenters. The fourth-order valence-electron chi connectivity index (χ4n) is 1.78. The van der Waals surface area contributed by atoms with Gasteiger partial charge in [-0.15, -0.1) is 11.6 Å². The molecule has 5 nitrogen and oxygen atoms in total. The topological polar surface area (TPSA) is 56.8 Å². The van der Waals surface area contributed by atoms with Crippen LogP contribution < -0.4 is 14.8 Å². The lowest BCUT2D eigenvalue weighted by molar-refractivity contribution is 0.0892. The lowest BCUT2D eigenvalue weighted by Crippen LogP contribution is -2.38. The van der Waals surface area contributed by atoms with Crippen LogP contribution in [0.5, 0.6) is 11.5 Å². The number of ether oxygens (including phenoxy) is 3. The third-order valence-electron chi connectivity index (χ3n) is 2.81. The molecule has 0 spiro atoms. The monoisotopic (exact) mass is 301 g/mol. The van der Waals surface area contributed by atoms with Gasteiger partial charge in [-0.3, -0.25) is 4.79 Å². The molecule has 1 aromatic carbocycles. The Bertz CT molecular complexity index is 433. The van der Waals surface area contributed by atoms with E-state index in [2.05, 4.69) is 5.32 Å². The quantitative estimate of drug-likeness (QED) is 0.747. The van der Waals surface area contributed by atoms with Crippen molar-refractivity contribution in [1.29, 1.82) is 0 Å². The van der Waals surface area contributed by atoms with E-state index in [1.807, 2.05) is 0 Å². The molecule has 0 radical (unpaired) electrons. The molecule has 112 valence electrons. The molecule has 6 heteroatoms. The van der Waals surface area contributed by atoms with Crippen molar-refractivity contribution in [3.05, 3.63) is 23.8 Å². The Labute approximate surface area is 124 Å². The van der Waals surface area contributed by atoms with E-state index in [9.17, 15) is 4.79 Å². The second-order valence-electron chi connectivity index (χ2n) is 4.17. The van der Waals surface area contributed by atoms with Crippen molar-refractivity contribution in [2.75, 3.05) is 33.8 Å². The van der Waals surface area contributed by atoms with Gasteiger partial charge in [0.1, 0.15) is 11.5 Å². The number of benzene rings is 1. The molecule has 1 N–H and O–H groups in total. The molecule has 0 heterocycles. The fraction of sp³-hybridized carbons (Fsp3) is 0.500. The van der Waals surface area contributed by atoms with E-state index in [0.29, 0.717) is 36.0 Å². The van der Waals surface area contributed by atoms with Gasteiger partial charge >= 0.3 is 0 Å². The first kappa shape index (κ1) is 16.6. The summed E-state index contributed by atoms with van der Waals surface area (Å²) >= 11 is 5.71. The summed E-state index contributed by atoms with van der Waals surface area (Å²) in [6.07, 6.45) is 0.638. The first-order valence-electron chi connectivity index (χ1n) is 6.24. The second kappa shape index (κ2) is 8.66. The lowest BCUT2D eigenvalue weighted by Gasteiger charge is -2.18. The molecule has 0 aliphatic carbocycles. The van der Waals surface area contributed by atoms with Crippen LogP contribution in [0.25, 0.3) is 0 Å². The Hall–Kier alpha value is -1.46. The number of halogens is 1. The summed E-state index contributed by atoms with van der Waals surface area (Å²) in [5, 5.41) is 2.88. The van der Waals surface area contributed by atoms with Gasteiger partial charge in [0.2, 0.25) is 0 Å². The van der Waals surface area contributed by atoms with Crippen molar-refractivity contribution in [3.8, 4) is 11.5 Å². The molecule has 0 aliphatic rings. The van der Waals surface area contributed by atoms with Gasteiger partial charge in [0.25, 0.3) is 5.91 Å². The van der Waals surface area contributed by atoms with Gasteiger partial charge in [0, 0.05) is 19.1 Å². The number of alkyl halides is 1. The van der Waals surface area contributed by atoms with Crippen molar-refractivity contribution >= 4 is 17.5 Å². The minimum absolute atomic E-state index is 0.128. The molecule has 1 atom stereocenters. The highest BCUT2D eigenvalue weighted by atomic mass is 35.5. The number of methoxy groups -OCH3 is 3. The van der Waals surface area contributed by atoms with Crippen molar-refractivity contribution in [3.63, 3.8) is 0 Å². The van der Waals surface area contributed by atoms with Crippen LogP contribution in [0.1, 0.15) is 16.8 Å². The molecule has 1 aromatic rings. The summed E-state index contributed by atoms with van der Waals surface area (Å²) in [5.41, 5.74) is 0.448. The van der Waals surface area contributed by atoms with Crippen LogP contribution in [0.4, 0.5) is 0 Å². The molecule has 1 amide bonds. The molecule has 1 rings (SSSR count). The molecular weight excluding hydrogens is 282 g/mol. The predicted octanol–water partition coefficient (Wildman–Crippen LogP) is 2.08. The largest absolute Gasteiger partial charge is 0.497 e. The zero-order valence-electron chi connectivity index (χ0n) is 11.9. The van der Waals surface area contributed by atoms with E-state index in [-0.39, 0.29) is 11.9 Å². The lowest BCUT2D eigenvalue weighted by atomic mass is 10.1. The van der Waals surface area contributed by atoms with Crippen molar-refractivity contribution in [1.82, 2.24) is 5.32 Å². The average Bonchev–Trinajstić information content (AvgIpc) is 2.46. The van der Waals surface area contributed by atoms with Gasteiger partial charge in [0.15, 0.2) is 0 Å². The van der Waals surface area contributed by atoms with Gasteiger partial charge in [-0.1, -0.05) is 0 Å². The molecule has 0 saturated carbocycles. The first-order chi connectivity index (χ1) is 9.65. The van der Waals surface area contributed by atoms with E-state index in [1.54, 1.807) is 32.4 Å². The van der Waals surface area contributed by atoms with Crippen molar-refractivity contribution < 1.29 is 19.0 Å². The van der Waals surface area contributed by atoms with E-state index in [0.717, 1.165) is 0 Å². The Morgan fingerprint density at radius 1 is 1.30 bits per heavy atom. The first-order valence-corrected chi connectivity index (χ1v) is 6.77.